The summed E-state index contributed by atoms with van der Waals surface area (Å²) in [5, 5.41) is 9.16. The molecule has 0 aliphatic carbocycles. The van der Waals surface area contributed by atoms with Crippen LogP contribution in [-0.2, 0) is 0 Å². The van der Waals surface area contributed by atoms with Gasteiger partial charge in [0.15, 0.2) is 0 Å². The van der Waals surface area contributed by atoms with E-state index < -0.39 is 0 Å². The Kier molecular flexibility index (Phi) is 5.13. The van der Waals surface area contributed by atoms with E-state index in [1.54, 1.807) is 0 Å². The zero-order valence-electron chi connectivity index (χ0n) is 23.1. The van der Waals surface area contributed by atoms with Crippen LogP contribution in [0.15, 0.2) is 150 Å². The van der Waals surface area contributed by atoms with E-state index in [4.69, 9.17) is 9.51 Å². The first-order chi connectivity index (χ1) is 21.3. The van der Waals surface area contributed by atoms with Gasteiger partial charge in [0.05, 0.1) is 22.1 Å². The third-order valence-corrected chi connectivity index (χ3v) is 8.30. The Bertz CT molecular complexity index is 2410. The maximum absolute atomic E-state index is 5.71. The molecule has 0 saturated carbocycles. The van der Waals surface area contributed by atoms with Crippen molar-refractivity contribution < 1.29 is 4.52 Å². The summed E-state index contributed by atoms with van der Waals surface area (Å²) in [5.74, 6) is 1.07. The first-order valence-electron chi connectivity index (χ1n) is 14.4. The lowest BCUT2D eigenvalue weighted by molar-refractivity contribution is 0.432. The van der Waals surface area contributed by atoms with E-state index in [1.807, 2.05) is 42.5 Å². The number of aromatic nitrogens is 4. The second-order valence-electron chi connectivity index (χ2n) is 10.8. The van der Waals surface area contributed by atoms with Gasteiger partial charge in [-0.1, -0.05) is 96.2 Å². The molecule has 3 heterocycles. The van der Waals surface area contributed by atoms with E-state index in [2.05, 4.69) is 117 Å². The molecule has 0 aliphatic heterocycles. The molecule has 43 heavy (non-hydrogen) atoms. The molecule has 5 nitrogen and oxygen atoms in total. The lowest BCUT2D eigenvalue weighted by atomic mass is 10.1. The van der Waals surface area contributed by atoms with Gasteiger partial charge in [-0.15, -0.1) is 0 Å². The number of nitrogens with zero attached hydrogens (tertiary/aromatic N) is 4. The first kappa shape index (κ1) is 23.7. The van der Waals surface area contributed by atoms with Crippen LogP contribution in [0.1, 0.15) is 0 Å². The van der Waals surface area contributed by atoms with Gasteiger partial charge in [-0.3, -0.25) is 0 Å². The van der Waals surface area contributed by atoms with Gasteiger partial charge in [0.25, 0.3) is 5.89 Å². The van der Waals surface area contributed by atoms with Gasteiger partial charge in [0, 0.05) is 44.0 Å². The molecule has 0 amide bonds. The summed E-state index contributed by atoms with van der Waals surface area (Å²) < 4.78 is 10.4. The van der Waals surface area contributed by atoms with Crippen molar-refractivity contribution in [3.05, 3.63) is 146 Å². The number of benzene rings is 6. The highest BCUT2D eigenvalue weighted by Crippen LogP contribution is 2.37. The van der Waals surface area contributed by atoms with Crippen LogP contribution in [0.3, 0.4) is 0 Å². The molecule has 0 radical (unpaired) electrons. The minimum Gasteiger partial charge on any atom is -0.334 e. The lowest BCUT2D eigenvalue weighted by Gasteiger charge is -2.11. The molecular weight excluding hydrogens is 528 g/mol. The van der Waals surface area contributed by atoms with Gasteiger partial charge < -0.3 is 13.7 Å². The van der Waals surface area contributed by atoms with Gasteiger partial charge in [-0.25, -0.2) is 0 Å². The number of hydrogen-bond acceptors (Lipinski definition) is 3. The largest absolute Gasteiger partial charge is 0.334 e. The summed E-state index contributed by atoms with van der Waals surface area (Å²) in [4.78, 5) is 4.70. The van der Waals surface area contributed by atoms with Gasteiger partial charge in [-0.2, -0.15) is 4.98 Å². The van der Waals surface area contributed by atoms with Crippen molar-refractivity contribution in [2.45, 2.75) is 0 Å². The molecule has 0 bridgehead atoms. The summed E-state index contributed by atoms with van der Waals surface area (Å²) in [6.45, 7) is 0. The number of rotatable bonds is 4. The normalized spacial score (nSPS) is 11.7. The molecule has 0 spiro atoms. The molecule has 5 heteroatoms. The topological polar surface area (TPSA) is 48.8 Å². The molecule has 0 aliphatic rings. The average Bonchev–Trinajstić information content (AvgIpc) is 3.78. The number of fused-ring (bicyclic) bond motifs is 6. The molecule has 9 rings (SSSR count). The highest BCUT2D eigenvalue weighted by Gasteiger charge is 2.17. The Morgan fingerprint density at radius 3 is 1.63 bits per heavy atom. The zero-order valence-corrected chi connectivity index (χ0v) is 23.1. The Morgan fingerprint density at radius 1 is 0.419 bits per heavy atom. The Balaban J connectivity index is 1.22. The maximum atomic E-state index is 5.71. The standard InChI is InChI=1S/C38H24N4O/c1-2-11-25(12-3-1)37-39-38(43-40-37)26-13-10-14-27(23-26)41-35-20-9-6-17-31(35)32-24-28(21-22-36(32)41)42-33-18-7-4-15-29(33)30-16-5-8-19-34(30)42/h1-24H. The highest BCUT2D eigenvalue weighted by atomic mass is 16.5. The van der Waals surface area contributed by atoms with Gasteiger partial charge in [-0.05, 0) is 54.6 Å². The smallest absolute Gasteiger partial charge is 0.258 e. The van der Waals surface area contributed by atoms with Crippen LogP contribution in [0, 0.1) is 0 Å². The summed E-state index contributed by atoms with van der Waals surface area (Å²) in [7, 11) is 0. The minimum atomic E-state index is 0.495. The fraction of sp³-hybridized carbons (Fsp3) is 0. The van der Waals surface area contributed by atoms with Crippen LogP contribution in [0.25, 0.3) is 77.8 Å². The summed E-state index contributed by atoms with van der Waals surface area (Å²) >= 11 is 0. The third kappa shape index (κ3) is 3.65. The fourth-order valence-electron chi connectivity index (χ4n) is 6.40. The molecule has 0 N–H and O–H groups in total. The SMILES string of the molecule is c1ccc(-c2noc(-c3cccc(-n4c5ccccc5c5cc(-n6c7ccccc7c7ccccc76)ccc54)c3)n2)cc1. The van der Waals surface area contributed by atoms with E-state index in [0.29, 0.717) is 11.7 Å². The molecule has 0 fully saturated rings. The van der Waals surface area contributed by atoms with Crippen LogP contribution in [0.5, 0.6) is 0 Å². The Hall–Kier alpha value is -5.94. The van der Waals surface area contributed by atoms with E-state index in [-0.39, 0.29) is 0 Å². The summed E-state index contributed by atoms with van der Waals surface area (Å²) in [5.41, 5.74) is 8.66. The predicted octanol–water partition coefficient (Wildman–Crippen LogP) is 9.60. The first-order valence-corrected chi connectivity index (χ1v) is 14.4. The average molecular weight is 553 g/mol. The van der Waals surface area contributed by atoms with E-state index in [1.165, 1.54) is 32.6 Å². The van der Waals surface area contributed by atoms with Crippen LogP contribution >= 0.6 is 0 Å². The number of hydrogen-bond donors (Lipinski definition) is 0. The summed E-state index contributed by atoms with van der Waals surface area (Å²) in [6, 6.07) is 50.8. The van der Waals surface area contributed by atoms with Gasteiger partial charge in [0.1, 0.15) is 0 Å². The van der Waals surface area contributed by atoms with Crippen molar-refractivity contribution in [1.29, 1.82) is 0 Å². The molecule has 6 aromatic carbocycles. The highest BCUT2D eigenvalue weighted by molar-refractivity contribution is 6.12. The summed E-state index contributed by atoms with van der Waals surface area (Å²) in [6.07, 6.45) is 0. The van der Waals surface area contributed by atoms with E-state index in [9.17, 15) is 0 Å². The van der Waals surface area contributed by atoms with Crippen LogP contribution < -0.4 is 0 Å². The van der Waals surface area contributed by atoms with E-state index in [0.717, 1.165) is 33.5 Å². The van der Waals surface area contributed by atoms with Gasteiger partial charge >= 0.3 is 0 Å². The molecule has 0 saturated heterocycles. The van der Waals surface area contributed by atoms with Crippen molar-refractivity contribution in [2.75, 3.05) is 0 Å². The Morgan fingerprint density at radius 2 is 0.953 bits per heavy atom. The molecule has 3 aromatic heterocycles. The quantitative estimate of drug-likeness (QED) is 0.218. The lowest BCUT2D eigenvalue weighted by Crippen LogP contribution is -1.96. The van der Waals surface area contributed by atoms with E-state index >= 15 is 0 Å². The van der Waals surface area contributed by atoms with Crippen molar-refractivity contribution in [3.63, 3.8) is 0 Å². The van der Waals surface area contributed by atoms with Crippen LogP contribution in [0.2, 0.25) is 0 Å². The van der Waals surface area contributed by atoms with Crippen molar-refractivity contribution in [2.24, 2.45) is 0 Å². The van der Waals surface area contributed by atoms with Crippen molar-refractivity contribution in [1.82, 2.24) is 19.3 Å². The molecule has 202 valence electrons. The monoisotopic (exact) mass is 552 g/mol. The molecular formula is C38H24N4O. The van der Waals surface area contributed by atoms with Crippen molar-refractivity contribution in [3.8, 4) is 34.2 Å². The van der Waals surface area contributed by atoms with Gasteiger partial charge in [0.2, 0.25) is 5.82 Å². The molecule has 0 atom stereocenters. The minimum absolute atomic E-state index is 0.495. The second kappa shape index (κ2) is 9.29. The third-order valence-electron chi connectivity index (χ3n) is 8.30. The van der Waals surface area contributed by atoms with Crippen LogP contribution in [-0.4, -0.2) is 19.3 Å². The molecule has 0 unspecified atom stereocenters. The zero-order chi connectivity index (χ0) is 28.3. The van der Waals surface area contributed by atoms with Crippen molar-refractivity contribution >= 4 is 43.6 Å². The van der Waals surface area contributed by atoms with Crippen LogP contribution in [0.4, 0.5) is 0 Å². The molecule has 9 aromatic rings. The Labute approximate surface area is 246 Å². The fourth-order valence-corrected chi connectivity index (χ4v) is 6.40. The second-order valence-corrected chi connectivity index (χ2v) is 10.8. The number of para-hydroxylation sites is 3. The maximum Gasteiger partial charge on any atom is 0.258 e. The predicted molar refractivity (Wildman–Crippen MR) is 174 cm³/mol.